The Kier molecular flexibility index (Phi) is 2.64. The van der Waals surface area contributed by atoms with Gasteiger partial charge in [0.25, 0.3) is 0 Å². The van der Waals surface area contributed by atoms with Crippen LogP contribution in [-0.2, 0) is 12.2 Å². The van der Waals surface area contributed by atoms with Crippen LogP contribution in [0.4, 0.5) is 4.39 Å². The summed E-state index contributed by atoms with van der Waals surface area (Å²) in [5, 5.41) is 19.9. The lowest BCUT2D eigenvalue weighted by Gasteiger charge is -2.28. The van der Waals surface area contributed by atoms with Gasteiger partial charge >= 0.3 is 0 Å². The molecule has 2 N–H and O–H groups in total. The van der Waals surface area contributed by atoms with E-state index in [2.05, 4.69) is 0 Å². The molecule has 0 unspecified atom stereocenters. The average molecular weight is 226 g/mol. The van der Waals surface area contributed by atoms with Crippen LogP contribution in [0.1, 0.15) is 25.0 Å². The van der Waals surface area contributed by atoms with Crippen molar-refractivity contribution in [1.82, 2.24) is 0 Å². The van der Waals surface area contributed by atoms with Crippen LogP contribution < -0.4 is 4.74 Å². The zero-order chi connectivity index (χ0) is 11.9. The highest BCUT2D eigenvalue weighted by molar-refractivity contribution is 5.45. The number of fused-ring (bicyclic) bond motifs is 1. The molecule has 0 spiro atoms. The van der Waals surface area contributed by atoms with Gasteiger partial charge in [0.2, 0.25) is 0 Å². The molecular formula is C12H15FO3. The zero-order valence-corrected chi connectivity index (χ0v) is 9.33. The molecule has 1 aliphatic rings. The second kappa shape index (κ2) is 3.71. The van der Waals surface area contributed by atoms with E-state index in [9.17, 15) is 14.6 Å². The van der Waals surface area contributed by atoms with Gasteiger partial charge in [0.05, 0.1) is 12.2 Å². The molecule has 88 valence electrons. The largest absolute Gasteiger partial charge is 0.493 e. The molecule has 4 heteroatoms. The fourth-order valence-electron chi connectivity index (χ4n) is 1.93. The smallest absolute Gasteiger partial charge is 0.195 e. The molecule has 0 saturated heterocycles. The first kappa shape index (κ1) is 11.4. The lowest BCUT2D eigenvalue weighted by atomic mass is 9.89. The maximum Gasteiger partial charge on any atom is 0.195 e. The van der Waals surface area contributed by atoms with Crippen molar-refractivity contribution < 1.29 is 19.3 Å². The van der Waals surface area contributed by atoms with Crippen molar-refractivity contribution in [3.8, 4) is 5.75 Å². The van der Waals surface area contributed by atoms with Crippen molar-refractivity contribution in [3.05, 3.63) is 29.1 Å². The minimum atomic E-state index is -2.15. The van der Waals surface area contributed by atoms with E-state index in [0.717, 1.165) is 0 Å². The molecule has 1 heterocycles. The summed E-state index contributed by atoms with van der Waals surface area (Å²) >= 11 is 0. The van der Waals surface area contributed by atoms with Gasteiger partial charge in [0.1, 0.15) is 11.6 Å². The van der Waals surface area contributed by atoms with E-state index in [1.165, 1.54) is 12.1 Å². The van der Waals surface area contributed by atoms with E-state index in [1.54, 1.807) is 13.8 Å². The van der Waals surface area contributed by atoms with Crippen molar-refractivity contribution in [2.24, 2.45) is 5.92 Å². The molecule has 0 radical (unpaired) electrons. The van der Waals surface area contributed by atoms with Gasteiger partial charge in [-0.3, -0.25) is 0 Å². The maximum atomic E-state index is 13.7. The zero-order valence-electron chi connectivity index (χ0n) is 9.33. The topological polar surface area (TPSA) is 49.7 Å². The third kappa shape index (κ3) is 1.58. The number of benzene rings is 1. The van der Waals surface area contributed by atoms with Crippen LogP contribution in [0.3, 0.4) is 0 Å². The molecule has 16 heavy (non-hydrogen) atoms. The quantitative estimate of drug-likeness (QED) is 0.752. The van der Waals surface area contributed by atoms with Gasteiger partial charge in [-0.2, -0.15) is 0 Å². The van der Waals surface area contributed by atoms with Gasteiger partial charge < -0.3 is 14.9 Å². The van der Waals surface area contributed by atoms with Crippen LogP contribution in [0.2, 0.25) is 0 Å². The van der Waals surface area contributed by atoms with Crippen LogP contribution >= 0.6 is 0 Å². The molecule has 0 fully saturated rings. The molecule has 1 aromatic rings. The Hall–Kier alpha value is -1.13. The van der Waals surface area contributed by atoms with Gasteiger partial charge in [-0.15, -0.1) is 0 Å². The summed E-state index contributed by atoms with van der Waals surface area (Å²) in [4.78, 5) is 0. The van der Waals surface area contributed by atoms with Crippen molar-refractivity contribution >= 4 is 0 Å². The number of hydrogen-bond acceptors (Lipinski definition) is 3. The molecule has 0 saturated carbocycles. The van der Waals surface area contributed by atoms with Crippen LogP contribution in [0.25, 0.3) is 0 Å². The lowest BCUT2D eigenvalue weighted by molar-refractivity contribution is -0.203. The van der Waals surface area contributed by atoms with Gasteiger partial charge in [0.15, 0.2) is 5.79 Å². The second-order valence-electron chi connectivity index (χ2n) is 4.38. The fourth-order valence-corrected chi connectivity index (χ4v) is 1.93. The predicted octanol–water partition coefficient (Wildman–Crippen LogP) is 1.55. The maximum absolute atomic E-state index is 13.7. The molecule has 0 atom stereocenters. The predicted molar refractivity (Wildman–Crippen MR) is 56.6 cm³/mol. The van der Waals surface area contributed by atoms with Crippen LogP contribution in [0.15, 0.2) is 12.1 Å². The fraction of sp³-hybridized carbons (Fsp3) is 0.500. The summed E-state index contributed by atoms with van der Waals surface area (Å²) < 4.78 is 19.0. The first-order valence-electron chi connectivity index (χ1n) is 5.34. The number of hydrogen-bond donors (Lipinski definition) is 2. The second-order valence-corrected chi connectivity index (χ2v) is 4.38. The van der Waals surface area contributed by atoms with Crippen molar-refractivity contribution in [2.75, 3.05) is 6.61 Å². The van der Waals surface area contributed by atoms with Gasteiger partial charge in [-0.05, 0) is 12.1 Å². The Morgan fingerprint density at radius 1 is 1.38 bits per heavy atom. The van der Waals surface area contributed by atoms with Crippen molar-refractivity contribution in [2.45, 2.75) is 26.1 Å². The Labute approximate surface area is 93.5 Å². The summed E-state index contributed by atoms with van der Waals surface area (Å²) in [5.41, 5.74) is 0.524. The van der Waals surface area contributed by atoms with E-state index < -0.39 is 17.5 Å². The number of aliphatic hydroxyl groups is 2. The first-order valence-corrected chi connectivity index (χ1v) is 5.34. The Balaban J connectivity index is 2.60. The standard InChI is InChI=1S/C12H15FO3/c1-7(2)12(14,15)11-8-5-6-16-10(8)4-3-9(11)13/h3-4,7,14-15H,5-6H2,1-2H3. The van der Waals surface area contributed by atoms with E-state index in [1.807, 2.05) is 0 Å². The molecule has 0 aliphatic carbocycles. The van der Waals surface area contributed by atoms with Crippen LogP contribution in [0.5, 0.6) is 5.75 Å². The SMILES string of the molecule is CC(C)C(O)(O)c1c(F)ccc2c1CCO2. The average Bonchev–Trinajstić information content (AvgIpc) is 2.64. The number of rotatable bonds is 2. The van der Waals surface area contributed by atoms with Gasteiger partial charge in [-0.1, -0.05) is 13.8 Å². The molecule has 1 aliphatic heterocycles. The minimum Gasteiger partial charge on any atom is -0.493 e. The van der Waals surface area contributed by atoms with E-state index in [-0.39, 0.29) is 5.56 Å². The van der Waals surface area contributed by atoms with E-state index >= 15 is 0 Å². The third-order valence-electron chi connectivity index (χ3n) is 3.00. The Morgan fingerprint density at radius 3 is 2.69 bits per heavy atom. The summed E-state index contributed by atoms with van der Waals surface area (Å²) in [5.74, 6) is -2.69. The monoisotopic (exact) mass is 226 g/mol. The molecule has 0 aromatic heterocycles. The highest BCUT2D eigenvalue weighted by Gasteiger charge is 2.37. The van der Waals surface area contributed by atoms with Gasteiger partial charge in [-0.25, -0.2) is 4.39 Å². The third-order valence-corrected chi connectivity index (χ3v) is 3.00. The Morgan fingerprint density at radius 2 is 2.06 bits per heavy atom. The molecular weight excluding hydrogens is 211 g/mol. The summed E-state index contributed by atoms with van der Waals surface area (Å²) in [6, 6.07) is 2.74. The lowest BCUT2D eigenvalue weighted by Crippen LogP contribution is -2.33. The molecule has 1 aromatic carbocycles. The molecule has 2 rings (SSSR count). The summed E-state index contributed by atoms with van der Waals surface area (Å²) in [7, 11) is 0. The van der Waals surface area contributed by atoms with Crippen molar-refractivity contribution in [1.29, 1.82) is 0 Å². The van der Waals surface area contributed by atoms with Gasteiger partial charge in [0, 0.05) is 17.9 Å². The molecule has 0 amide bonds. The molecule has 0 bridgehead atoms. The highest BCUT2D eigenvalue weighted by atomic mass is 19.1. The summed E-state index contributed by atoms with van der Waals surface area (Å²) in [6.07, 6.45) is 0.512. The van der Waals surface area contributed by atoms with Crippen LogP contribution in [-0.4, -0.2) is 16.8 Å². The van der Waals surface area contributed by atoms with Crippen molar-refractivity contribution in [3.63, 3.8) is 0 Å². The number of ether oxygens (including phenoxy) is 1. The number of halogens is 1. The summed E-state index contributed by atoms with van der Waals surface area (Å²) in [6.45, 7) is 3.73. The van der Waals surface area contributed by atoms with Crippen LogP contribution in [0, 0.1) is 11.7 Å². The first-order chi connectivity index (χ1) is 7.44. The van der Waals surface area contributed by atoms with E-state index in [0.29, 0.717) is 24.3 Å². The molecule has 3 nitrogen and oxygen atoms in total. The van der Waals surface area contributed by atoms with E-state index in [4.69, 9.17) is 4.74 Å². The normalized spacial score (nSPS) is 15.1. The highest BCUT2D eigenvalue weighted by Crippen LogP contribution is 2.38. The minimum absolute atomic E-state index is 0.0440. The Bertz CT molecular complexity index is 413.